The molecule has 2 aromatic carbocycles. The van der Waals surface area contributed by atoms with E-state index in [-0.39, 0.29) is 11.5 Å². The number of fused-ring (bicyclic) bond motifs is 3. The summed E-state index contributed by atoms with van der Waals surface area (Å²) in [5.74, 6) is 1.85. The first-order valence-electron chi connectivity index (χ1n) is 10.7. The van der Waals surface area contributed by atoms with Crippen LogP contribution in [0, 0.1) is 0 Å². The van der Waals surface area contributed by atoms with E-state index in [1.165, 1.54) is 6.20 Å². The number of quaternary nitrogens is 1. The van der Waals surface area contributed by atoms with E-state index in [2.05, 4.69) is 25.4 Å². The van der Waals surface area contributed by atoms with E-state index >= 15 is 0 Å². The van der Waals surface area contributed by atoms with Crippen molar-refractivity contribution in [2.75, 3.05) is 25.1 Å². The monoisotopic (exact) mass is 482 g/mol. The Hall–Kier alpha value is -4.32. The molecule has 0 saturated carbocycles. The number of ether oxygens (including phenoxy) is 2. The standard InChI is InChI=1S/C23H19F3N7O2/c24-23(25,26)11-33-6-5-15(20(33)21(27)28-12-29-33)13-1-3-14(4-2-13)30-22-31-16-9-18-19(10-17(16)32-22)35-8-7-34-18/h1-6,9-10,12H,7-8,11H2,(H2,27,28,29)(H2,30,31,32)/q+1. The Bertz CT molecular complexity index is 1410. The Morgan fingerprint density at radius 3 is 2.57 bits per heavy atom. The average Bonchev–Trinajstić information content (AvgIpc) is 3.38. The summed E-state index contributed by atoms with van der Waals surface area (Å²) in [5, 5.41) is 7.19. The lowest BCUT2D eigenvalue weighted by Gasteiger charge is -2.29. The summed E-state index contributed by atoms with van der Waals surface area (Å²) >= 11 is 0. The number of aromatic nitrogens is 2. The second-order valence-electron chi connectivity index (χ2n) is 8.22. The summed E-state index contributed by atoms with van der Waals surface area (Å²) in [5.41, 5.74) is 9.68. The first-order chi connectivity index (χ1) is 16.8. The highest BCUT2D eigenvalue weighted by molar-refractivity contribution is 6.08. The zero-order valence-corrected chi connectivity index (χ0v) is 18.1. The van der Waals surface area contributed by atoms with Gasteiger partial charge in [-0.3, -0.25) is 0 Å². The van der Waals surface area contributed by atoms with E-state index in [1.807, 2.05) is 12.1 Å². The highest BCUT2D eigenvalue weighted by Gasteiger charge is 2.50. The molecule has 0 aliphatic carbocycles. The largest absolute Gasteiger partial charge is 0.486 e. The average molecular weight is 482 g/mol. The lowest BCUT2D eigenvalue weighted by molar-refractivity contribution is -0.852. The van der Waals surface area contributed by atoms with Gasteiger partial charge in [-0.05, 0) is 17.7 Å². The first-order valence-corrected chi connectivity index (χ1v) is 10.7. The van der Waals surface area contributed by atoms with Crippen molar-refractivity contribution in [1.82, 2.24) is 9.97 Å². The Morgan fingerprint density at radius 1 is 1.09 bits per heavy atom. The van der Waals surface area contributed by atoms with Crippen molar-refractivity contribution in [3.63, 3.8) is 0 Å². The van der Waals surface area contributed by atoms with Crippen molar-refractivity contribution in [3.8, 4) is 11.5 Å². The molecule has 0 bridgehead atoms. The normalized spacial score (nSPS) is 20.8. The molecule has 1 unspecified atom stereocenters. The molecule has 1 atom stereocenters. The molecular formula is C23H19F3N7O2+. The fourth-order valence-electron chi connectivity index (χ4n) is 4.39. The van der Waals surface area contributed by atoms with Crippen LogP contribution in [0.5, 0.6) is 11.5 Å². The Labute approximate surface area is 196 Å². The Kier molecular flexibility index (Phi) is 4.61. The number of nitrogens with one attached hydrogen (secondary N) is 2. The summed E-state index contributed by atoms with van der Waals surface area (Å²) in [6.45, 7) is -0.217. The molecule has 0 fully saturated rings. The molecule has 0 saturated heterocycles. The third-order valence-corrected chi connectivity index (χ3v) is 5.85. The van der Waals surface area contributed by atoms with Crippen molar-refractivity contribution >= 4 is 40.4 Å². The number of aromatic amines is 1. The number of imidazole rings is 1. The number of alkyl halides is 3. The van der Waals surface area contributed by atoms with E-state index in [0.29, 0.717) is 41.8 Å². The molecule has 3 aliphatic heterocycles. The van der Waals surface area contributed by atoms with Gasteiger partial charge in [0.15, 0.2) is 23.7 Å². The van der Waals surface area contributed by atoms with Crippen LogP contribution in [0.2, 0.25) is 0 Å². The molecule has 4 N–H and O–H groups in total. The number of nitrogens with zero attached hydrogens (tertiary/aromatic N) is 4. The van der Waals surface area contributed by atoms with Crippen LogP contribution in [0.1, 0.15) is 5.56 Å². The number of anilines is 2. The van der Waals surface area contributed by atoms with Crippen LogP contribution in [0.15, 0.2) is 64.5 Å². The number of benzene rings is 2. The van der Waals surface area contributed by atoms with Crippen molar-refractivity contribution in [3.05, 3.63) is 59.9 Å². The van der Waals surface area contributed by atoms with Gasteiger partial charge in [-0.15, -0.1) is 4.59 Å². The lowest BCUT2D eigenvalue weighted by atomic mass is 10.0. The van der Waals surface area contributed by atoms with Gasteiger partial charge in [-0.1, -0.05) is 17.2 Å². The number of aliphatic imine (C=N–C) groups is 1. The van der Waals surface area contributed by atoms with Crippen molar-refractivity contribution in [2.45, 2.75) is 6.18 Å². The van der Waals surface area contributed by atoms with Crippen LogP contribution >= 0.6 is 0 Å². The summed E-state index contributed by atoms with van der Waals surface area (Å²) in [6, 6.07) is 10.8. The SMILES string of the molecule is NC1=NC=N[N+]2(CC(F)(F)F)C=CC(c3ccc(Nc4nc5cc6c(cc5[nH]4)OCCO6)cc3)=C12. The minimum Gasteiger partial charge on any atom is -0.486 e. The number of rotatable bonds is 4. The number of H-pyrrole nitrogens is 1. The fraction of sp³-hybridized carbons (Fsp3) is 0.174. The van der Waals surface area contributed by atoms with Crippen LogP contribution in [-0.4, -0.2) is 52.7 Å². The molecule has 1 aromatic heterocycles. The van der Waals surface area contributed by atoms with Gasteiger partial charge in [0.2, 0.25) is 18.2 Å². The smallest absolute Gasteiger partial charge is 0.441 e. The molecular weight excluding hydrogens is 463 g/mol. The number of hydrogen-bond acceptors (Lipinski definition) is 7. The minimum absolute atomic E-state index is 0.00406. The molecule has 12 heteroatoms. The first kappa shape index (κ1) is 21.2. The number of amidine groups is 1. The second-order valence-corrected chi connectivity index (χ2v) is 8.22. The molecule has 0 spiro atoms. The van der Waals surface area contributed by atoms with Gasteiger partial charge < -0.3 is 25.5 Å². The summed E-state index contributed by atoms with van der Waals surface area (Å²) in [7, 11) is 0. The van der Waals surface area contributed by atoms with E-state index in [4.69, 9.17) is 15.2 Å². The minimum atomic E-state index is -4.45. The third kappa shape index (κ3) is 3.77. The highest BCUT2D eigenvalue weighted by Crippen LogP contribution is 2.40. The predicted octanol–water partition coefficient (Wildman–Crippen LogP) is 4.01. The van der Waals surface area contributed by atoms with Gasteiger partial charge in [-0.25, -0.2) is 9.98 Å². The Balaban J connectivity index is 1.28. The summed E-state index contributed by atoms with van der Waals surface area (Å²) < 4.78 is 50.3. The van der Waals surface area contributed by atoms with Gasteiger partial charge >= 0.3 is 6.18 Å². The maximum atomic E-state index is 13.3. The van der Waals surface area contributed by atoms with Crippen molar-refractivity contribution in [2.24, 2.45) is 15.8 Å². The topological polar surface area (TPSA) is 110 Å². The molecule has 178 valence electrons. The fourth-order valence-corrected chi connectivity index (χ4v) is 4.39. The molecule has 9 nitrogen and oxygen atoms in total. The molecule has 4 heterocycles. The highest BCUT2D eigenvalue weighted by atomic mass is 19.4. The van der Waals surface area contributed by atoms with E-state index < -0.39 is 17.3 Å². The third-order valence-electron chi connectivity index (χ3n) is 5.85. The van der Waals surface area contributed by atoms with Crippen molar-refractivity contribution in [1.29, 1.82) is 0 Å². The van der Waals surface area contributed by atoms with Crippen LogP contribution in [-0.2, 0) is 0 Å². The number of allylic oxidation sites excluding steroid dienone is 2. The maximum Gasteiger partial charge on any atom is 0.441 e. The summed E-state index contributed by atoms with van der Waals surface area (Å²) in [4.78, 5) is 11.7. The molecule has 3 aliphatic rings. The maximum absolute atomic E-state index is 13.3. The second kappa shape index (κ2) is 7.60. The predicted molar refractivity (Wildman–Crippen MR) is 124 cm³/mol. The van der Waals surface area contributed by atoms with Gasteiger partial charge in [0.1, 0.15) is 19.4 Å². The molecule has 35 heavy (non-hydrogen) atoms. The number of halogens is 3. The lowest BCUT2D eigenvalue weighted by Crippen LogP contribution is -2.48. The van der Waals surface area contributed by atoms with E-state index in [1.54, 1.807) is 30.3 Å². The van der Waals surface area contributed by atoms with Gasteiger partial charge in [0, 0.05) is 23.9 Å². The zero-order valence-electron chi connectivity index (χ0n) is 18.1. The van der Waals surface area contributed by atoms with E-state index in [9.17, 15) is 13.2 Å². The van der Waals surface area contributed by atoms with Gasteiger partial charge in [0.05, 0.1) is 16.6 Å². The number of nitrogens with two attached hydrogens (primary N) is 1. The van der Waals surface area contributed by atoms with Crippen LogP contribution in [0.25, 0.3) is 16.6 Å². The Morgan fingerprint density at radius 2 is 1.83 bits per heavy atom. The summed E-state index contributed by atoms with van der Waals surface area (Å²) in [6.07, 6.45) is -0.408. The van der Waals surface area contributed by atoms with Crippen LogP contribution < -0.4 is 20.5 Å². The number of hydrogen-bond donors (Lipinski definition) is 3. The van der Waals surface area contributed by atoms with Crippen LogP contribution in [0.3, 0.4) is 0 Å². The van der Waals surface area contributed by atoms with E-state index in [0.717, 1.165) is 23.1 Å². The van der Waals surface area contributed by atoms with Crippen molar-refractivity contribution < 1.29 is 27.2 Å². The van der Waals surface area contributed by atoms with Crippen LogP contribution in [0.4, 0.5) is 24.8 Å². The molecule has 3 aromatic rings. The van der Waals surface area contributed by atoms with Gasteiger partial charge in [-0.2, -0.15) is 13.2 Å². The molecule has 0 amide bonds. The molecule has 6 rings (SSSR count). The quantitative estimate of drug-likeness (QED) is 0.487. The zero-order chi connectivity index (χ0) is 24.2. The van der Waals surface area contributed by atoms with Gasteiger partial charge in [0.25, 0.3) is 0 Å². The molecule has 0 radical (unpaired) electrons.